The van der Waals surface area contributed by atoms with E-state index in [0.29, 0.717) is 5.56 Å². The van der Waals surface area contributed by atoms with Crippen LogP contribution in [0.1, 0.15) is 11.1 Å². The second kappa shape index (κ2) is 4.01. The van der Waals surface area contributed by atoms with Crippen LogP contribution in [0.15, 0.2) is 48.8 Å². The third kappa shape index (κ3) is 1.74. The van der Waals surface area contributed by atoms with Gasteiger partial charge in [-0.25, -0.2) is 4.98 Å². The number of nitrogens with zero attached hydrogens (tertiary/aromatic N) is 3. The Labute approximate surface area is 105 Å². The number of imidazole rings is 1. The van der Waals surface area contributed by atoms with Crippen molar-refractivity contribution in [1.29, 1.82) is 5.26 Å². The van der Waals surface area contributed by atoms with E-state index in [1.165, 1.54) is 5.56 Å². The van der Waals surface area contributed by atoms with E-state index in [4.69, 9.17) is 5.26 Å². The molecule has 86 valence electrons. The number of hydrogen-bond acceptors (Lipinski definition) is 2. The third-order valence-corrected chi connectivity index (χ3v) is 2.93. The molecule has 0 saturated heterocycles. The predicted molar refractivity (Wildman–Crippen MR) is 70.1 cm³/mol. The van der Waals surface area contributed by atoms with Crippen molar-refractivity contribution < 1.29 is 0 Å². The summed E-state index contributed by atoms with van der Waals surface area (Å²) in [5.41, 5.74) is 4.72. The first-order valence-electron chi connectivity index (χ1n) is 5.72. The van der Waals surface area contributed by atoms with Gasteiger partial charge in [-0.1, -0.05) is 29.8 Å². The van der Waals surface area contributed by atoms with Gasteiger partial charge in [-0.15, -0.1) is 0 Å². The highest BCUT2D eigenvalue weighted by atomic mass is 15.0. The fourth-order valence-electron chi connectivity index (χ4n) is 1.92. The highest BCUT2D eigenvalue weighted by molar-refractivity contribution is 5.63. The molecule has 0 fully saturated rings. The summed E-state index contributed by atoms with van der Waals surface area (Å²) in [6.07, 6.45) is 3.74. The molecule has 2 heterocycles. The Morgan fingerprint density at radius 1 is 1.06 bits per heavy atom. The van der Waals surface area contributed by atoms with Crippen LogP contribution in [0.4, 0.5) is 0 Å². The van der Waals surface area contributed by atoms with Crippen LogP contribution in [0, 0.1) is 18.3 Å². The van der Waals surface area contributed by atoms with Gasteiger partial charge in [-0.2, -0.15) is 5.26 Å². The quantitative estimate of drug-likeness (QED) is 0.647. The number of pyridine rings is 1. The minimum absolute atomic E-state index is 0.635. The Kier molecular flexibility index (Phi) is 2.35. The summed E-state index contributed by atoms with van der Waals surface area (Å²) in [4.78, 5) is 4.54. The van der Waals surface area contributed by atoms with E-state index in [2.05, 4.69) is 42.2 Å². The zero-order chi connectivity index (χ0) is 12.5. The molecule has 0 aliphatic heterocycles. The lowest BCUT2D eigenvalue weighted by atomic mass is 10.1. The lowest BCUT2D eigenvalue weighted by Crippen LogP contribution is -1.83. The fourth-order valence-corrected chi connectivity index (χ4v) is 1.92. The van der Waals surface area contributed by atoms with Crippen LogP contribution < -0.4 is 0 Å². The molecule has 0 bridgehead atoms. The molecule has 0 N–H and O–H groups in total. The molecule has 3 aromatic rings. The first-order valence-corrected chi connectivity index (χ1v) is 5.72. The molecular weight excluding hydrogens is 222 g/mol. The summed E-state index contributed by atoms with van der Waals surface area (Å²) in [6.45, 7) is 2.06. The molecule has 0 spiro atoms. The summed E-state index contributed by atoms with van der Waals surface area (Å²) in [5.74, 6) is 0. The van der Waals surface area contributed by atoms with Gasteiger partial charge >= 0.3 is 0 Å². The highest BCUT2D eigenvalue weighted by Crippen LogP contribution is 2.19. The number of rotatable bonds is 1. The molecule has 1 aromatic carbocycles. The van der Waals surface area contributed by atoms with Gasteiger partial charge in [0.1, 0.15) is 11.7 Å². The van der Waals surface area contributed by atoms with Crippen LogP contribution >= 0.6 is 0 Å². The number of aromatic nitrogens is 2. The van der Waals surface area contributed by atoms with Crippen molar-refractivity contribution in [2.75, 3.05) is 0 Å². The summed E-state index contributed by atoms with van der Waals surface area (Å²) < 4.78 is 1.88. The Morgan fingerprint density at radius 2 is 1.83 bits per heavy atom. The molecule has 3 nitrogen and oxygen atoms in total. The van der Waals surface area contributed by atoms with Gasteiger partial charge in [0, 0.05) is 18.0 Å². The second-order valence-electron chi connectivity index (χ2n) is 4.29. The number of hydrogen-bond donors (Lipinski definition) is 0. The molecule has 0 amide bonds. The van der Waals surface area contributed by atoms with Crippen LogP contribution in [-0.2, 0) is 0 Å². The minimum atomic E-state index is 0.635. The minimum Gasteiger partial charge on any atom is -0.305 e. The smallest absolute Gasteiger partial charge is 0.137 e. The maximum Gasteiger partial charge on any atom is 0.137 e. The van der Waals surface area contributed by atoms with Crippen molar-refractivity contribution in [3.8, 4) is 17.3 Å². The van der Waals surface area contributed by atoms with Crippen LogP contribution in [-0.4, -0.2) is 9.38 Å². The lowest BCUT2D eigenvalue weighted by Gasteiger charge is -1.96. The monoisotopic (exact) mass is 233 g/mol. The van der Waals surface area contributed by atoms with Crippen LogP contribution in [0.25, 0.3) is 16.9 Å². The van der Waals surface area contributed by atoms with Crippen LogP contribution in [0.2, 0.25) is 0 Å². The highest BCUT2D eigenvalue weighted by Gasteiger charge is 2.04. The van der Waals surface area contributed by atoms with Crippen molar-refractivity contribution in [1.82, 2.24) is 9.38 Å². The summed E-state index contributed by atoms with van der Waals surface area (Å²) in [5, 5.41) is 8.87. The molecule has 2 aromatic heterocycles. The van der Waals surface area contributed by atoms with Crippen LogP contribution in [0.5, 0.6) is 0 Å². The number of nitriles is 1. The van der Waals surface area contributed by atoms with Crippen LogP contribution in [0.3, 0.4) is 0 Å². The zero-order valence-corrected chi connectivity index (χ0v) is 9.96. The van der Waals surface area contributed by atoms with E-state index in [-0.39, 0.29) is 0 Å². The number of benzene rings is 1. The van der Waals surface area contributed by atoms with Crippen molar-refractivity contribution in [3.63, 3.8) is 0 Å². The molecule has 18 heavy (non-hydrogen) atoms. The van der Waals surface area contributed by atoms with Gasteiger partial charge in [0.15, 0.2) is 0 Å². The normalized spacial score (nSPS) is 10.4. The molecule has 0 aliphatic carbocycles. The largest absolute Gasteiger partial charge is 0.305 e. The number of fused-ring (bicyclic) bond motifs is 1. The van der Waals surface area contributed by atoms with Gasteiger partial charge < -0.3 is 4.40 Å². The Hall–Kier alpha value is -2.60. The summed E-state index contributed by atoms with van der Waals surface area (Å²) in [6, 6.07) is 14.0. The first kappa shape index (κ1) is 10.5. The summed E-state index contributed by atoms with van der Waals surface area (Å²) >= 11 is 0. The lowest BCUT2D eigenvalue weighted by molar-refractivity contribution is 1.17. The zero-order valence-electron chi connectivity index (χ0n) is 9.96. The molecule has 0 saturated carbocycles. The van der Waals surface area contributed by atoms with Crippen molar-refractivity contribution in [2.45, 2.75) is 6.92 Å². The summed E-state index contributed by atoms with van der Waals surface area (Å²) in [7, 11) is 0. The van der Waals surface area contributed by atoms with E-state index in [1.54, 1.807) is 12.3 Å². The van der Waals surface area contributed by atoms with Gasteiger partial charge in [0.05, 0.1) is 11.3 Å². The van der Waals surface area contributed by atoms with E-state index < -0.39 is 0 Å². The van der Waals surface area contributed by atoms with Gasteiger partial charge in [0.2, 0.25) is 0 Å². The van der Waals surface area contributed by atoms with Crippen molar-refractivity contribution >= 4 is 5.65 Å². The standard InChI is InChI=1S/C15H11N3/c1-11-2-5-13(6-3-11)14-10-18-9-12(8-16)4-7-15(18)17-14/h2-7,9-10H,1H3. The predicted octanol–water partition coefficient (Wildman–Crippen LogP) is 3.18. The molecular formula is C15H11N3. The van der Waals surface area contributed by atoms with Crippen molar-refractivity contribution in [3.05, 3.63) is 59.9 Å². The maximum absolute atomic E-state index is 8.87. The topological polar surface area (TPSA) is 41.1 Å². The molecule has 0 unspecified atom stereocenters. The molecule has 0 atom stereocenters. The van der Waals surface area contributed by atoms with E-state index in [1.807, 2.05) is 16.7 Å². The number of aryl methyl sites for hydroxylation is 1. The molecule has 0 aliphatic rings. The Bertz CT molecular complexity index is 745. The first-order chi connectivity index (χ1) is 8.76. The fraction of sp³-hybridized carbons (Fsp3) is 0.0667. The van der Waals surface area contributed by atoms with E-state index in [9.17, 15) is 0 Å². The van der Waals surface area contributed by atoms with Gasteiger partial charge in [-0.3, -0.25) is 0 Å². The van der Waals surface area contributed by atoms with E-state index >= 15 is 0 Å². The average molecular weight is 233 g/mol. The van der Waals surface area contributed by atoms with Gasteiger partial charge in [0.25, 0.3) is 0 Å². The van der Waals surface area contributed by atoms with E-state index in [0.717, 1.165) is 16.9 Å². The average Bonchev–Trinajstić information content (AvgIpc) is 2.82. The van der Waals surface area contributed by atoms with Gasteiger partial charge in [-0.05, 0) is 19.1 Å². The maximum atomic E-state index is 8.87. The van der Waals surface area contributed by atoms with Crippen molar-refractivity contribution in [2.24, 2.45) is 0 Å². The molecule has 3 heteroatoms. The second-order valence-corrected chi connectivity index (χ2v) is 4.29. The third-order valence-electron chi connectivity index (χ3n) is 2.93. The Balaban J connectivity index is 2.13. The molecule has 3 rings (SSSR count). The Morgan fingerprint density at radius 3 is 2.56 bits per heavy atom. The SMILES string of the molecule is Cc1ccc(-c2cn3cc(C#N)ccc3n2)cc1. The molecule has 0 radical (unpaired) electrons.